The van der Waals surface area contributed by atoms with Gasteiger partial charge in [-0.2, -0.15) is 0 Å². The first-order valence-corrected chi connectivity index (χ1v) is 5.00. The summed E-state index contributed by atoms with van der Waals surface area (Å²) in [6.45, 7) is 1.74. The lowest BCUT2D eigenvalue weighted by Crippen LogP contribution is -2.00. The number of nitrogens with two attached hydrogens (primary N) is 1. The molecule has 0 spiro atoms. The van der Waals surface area contributed by atoms with Crippen molar-refractivity contribution < 1.29 is 4.39 Å². The quantitative estimate of drug-likeness (QED) is 0.830. The van der Waals surface area contributed by atoms with Gasteiger partial charge in [0.15, 0.2) is 0 Å². The fraction of sp³-hybridized carbons (Fsp3) is 0.0909. The van der Waals surface area contributed by atoms with Crippen molar-refractivity contribution in [1.82, 2.24) is 9.97 Å². The molecule has 5 heteroatoms. The van der Waals surface area contributed by atoms with Crippen molar-refractivity contribution in [1.29, 1.82) is 0 Å². The Morgan fingerprint density at radius 2 is 2.06 bits per heavy atom. The number of anilines is 1. The maximum absolute atomic E-state index is 13.6. The van der Waals surface area contributed by atoms with Gasteiger partial charge in [0.25, 0.3) is 0 Å². The minimum Gasteiger partial charge on any atom is -0.395 e. The van der Waals surface area contributed by atoms with E-state index >= 15 is 0 Å². The molecule has 0 aliphatic heterocycles. The van der Waals surface area contributed by atoms with E-state index in [0.29, 0.717) is 22.1 Å². The summed E-state index contributed by atoms with van der Waals surface area (Å²) in [5.41, 5.74) is 7.43. The first kappa shape index (κ1) is 10.8. The molecule has 0 atom stereocenters. The number of hydrogen-bond acceptors (Lipinski definition) is 3. The standard InChI is InChI=1S/C11H9ClFN3/c1-6-10(14)11(16-5-15-6)8-4-7(12)2-3-9(8)13/h2-5H,14H2,1H3. The fourth-order valence-electron chi connectivity index (χ4n) is 1.38. The van der Waals surface area contributed by atoms with Crippen LogP contribution in [0.3, 0.4) is 0 Å². The highest BCUT2D eigenvalue weighted by Gasteiger charge is 2.12. The Balaban J connectivity index is 2.67. The largest absolute Gasteiger partial charge is 0.395 e. The highest BCUT2D eigenvalue weighted by atomic mass is 35.5. The topological polar surface area (TPSA) is 51.8 Å². The summed E-state index contributed by atoms with van der Waals surface area (Å²) < 4.78 is 13.6. The van der Waals surface area contributed by atoms with Gasteiger partial charge in [-0.15, -0.1) is 0 Å². The van der Waals surface area contributed by atoms with E-state index < -0.39 is 5.82 Å². The summed E-state index contributed by atoms with van der Waals surface area (Å²) in [4.78, 5) is 7.90. The van der Waals surface area contributed by atoms with Crippen LogP contribution in [-0.4, -0.2) is 9.97 Å². The number of aromatic nitrogens is 2. The van der Waals surface area contributed by atoms with E-state index in [4.69, 9.17) is 17.3 Å². The number of nitrogens with zero attached hydrogens (tertiary/aromatic N) is 2. The van der Waals surface area contributed by atoms with Crippen LogP contribution in [0.15, 0.2) is 24.5 Å². The van der Waals surface area contributed by atoms with Crippen LogP contribution in [0.1, 0.15) is 5.69 Å². The van der Waals surface area contributed by atoms with E-state index in [2.05, 4.69) is 9.97 Å². The number of nitrogen functional groups attached to an aromatic ring is 1. The molecular weight excluding hydrogens is 229 g/mol. The van der Waals surface area contributed by atoms with Crippen LogP contribution in [0, 0.1) is 12.7 Å². The first-order chi connectivity index (χ1) is 7.59. The normalized spacial score (nSPS) is 10.4. The molecule has 2 aromatic rings. The average Bonchev–Trinajstić information content (AvgIpc) is 2.26. The van der Waals surface area contributed by atoms with E-state index in [1.807, 2.05) is 0 Å². The monoisotopic (exact) mass is 237 g/mol. The Bertz CT molecular complexity index is 543. The maximum Gasteiger partial charge on any atom is 0.132 e. The van der Waals surface area contributed by atoms with Gasteiger partial charge in [-0.05, 0) is 25.1 Å². The second-order valence-corrected chi connectivity index (χ2v) is 3.78. The molecule has 1 heterocycles. The van der Waals surface area contributed by atoms with Crippen LogP contribution in [-0.2, 0) is 0 Å². The van der Waals surface area contributed by atoms with Gasteiger partial charge in [-0.3, -0.25) is 0 Å². The zero-order valence-corrected chi connectivity index (χ0v) is 9.29. The molecule has 0 aliphatic rings. The number of halogens is 2. The molecule has 0 bridgehead atoms. The van der Waals surface area contributed by atoms with Crippen LogP contribution < -0.4 is 5.73 Å². The molecule has 16 heavy (non-hydrogen) atoms. The average molecular weight is 238 g/mol. The van der Waals surface area contributed by atoms with Crippen LogP contribution in [0.2, 0.25) is 5.02 Å². The second-order valence-electron chi connectivity index (χ2n) is 3.35. The number of aryl methyl sites for hydroxylation is 1. The molecule has 0 amide bonds. The highest BCUT2D eigenvalue weighted by Crippen LogP contribution is 2.29. The van der Waals surface area contributed by atoms with Gasteiger partial charge < -0.3 is 5.73 Å². The Morgan fingerprint density at radius 1 is 1.31 bits per heavy atom. The second kappa shape index (κ2) is 4.06. The van der Waals surface area contributed by atoms with Gasteiger partial charge >= 0.3 is 0 Å². The van der Waals surface area contributed by atoms with Crippen LogP contribution in [0.5, 0.6) is 0 Å². The van der Waals surface area contributed by atoms with Gasteiger partial charge in [-0.25, -0.2) is 14.4 Å². The van der Waals surface area contributed by atoms with Crippen molar-refractivity contribution in [3.8, 4) is 11.3 Å². The van der Waals surface area contributed by atoms with Crippen LogP contribution in [0.4, 0.5) is 10.1 Å². The van der Waals surface area contributed by atoms with E-state index in [1.165, 1.54) is 24.5 Å². The van der Waals surface area contributed by atoms with Crippen molar-refractivity contribution in [2.45, 2.75) is 6.92 Å². The number of benzene rings is 1. The summed E-state index contributed by atoms with van der Waals surface area (Å²) in [5, 5.41) is 0.437. The molecule has 0 fully saturated rings. The predicted octanol–water partition coefficient (Wildman–Crippen LogP) is 2.83. The van der Waals surface area contributed by atoms with Crippen molar-refractivity contribution in [3.05, 3.63) is 41.1 Å². The third-order valence-corrected chi connectivity index (χ3v) is 2.50. The summed E-state index contributed by atoms with van der Waals surface area (Å²) in [6.07, 6.45) is 1.35. The molecular formula is C11H9ClFN3. The Morgan fingerprint density at radius 3 is 2.81 bits per heavy atom. The smallest absolute Gasteiger partial charge is 0.132 e. The van der Waals surface area contributed by atoms with Gasteiger partial charge in [0.1, 0.15) is 12.1 Å². The van der Waals surface area contributed by atoms with Crippen LogP contribution in [0.25, 0.3) is 11.3 Å². The van der Waals surface area contributed by atoms with Crippen molar-refractivity contribution in [2.24, 2.45) is 0 Å². The van der Waals surface area contributed by atoms with E-state index in [0.717, 1.165) is 0 Å². The molecule has 2 N–H and O–H groups in total. The molecule has 2 rings (SSSR count). The molecule has 0 saturated heterocycles. The molecule has 0 radical (unpaired) electrons. The van der Waals surface area contributed by atoms with E-state index in [1.54, 1.807) is 6.92 Å². The zero-order chi connectivity index (χ0) is 11.7. The summed E-state index contributed by atoms with van der Waals surface area (Å²) in [5.74, 6) is -0.408. The van der Waals surface area contributed by atoms with Crippen molar-refractivity contribution in [2.75, 3.05) is 5.73 Å². The summed E-state index contributed by atoms with van der Waals surface area (Å²) in [6, 6.07) is 4.26. The molecule has 1 aromatic heterocycles. The lowest BCUT2D eigenvalue weighted by atomic mass is 10.1. The molecule has 0 unspecified atom stereocenters. The molecule has 82 valence electrons. The van der Waals surface area contributed by atoms with Crippen molar-refractivity contribution in [3.63, 3.8) is 0 Å². The van der Waals surface area contributed by atoms with Gasteiger partial charge in [0, 0.05) is 10.6 Å². The molecule has 3 nitrogen and oxygen atoms in total. The van der Waals surface area contributed by atoms with Gasteiger partial charge in [0.05, 0.1) is 17.1 Å². The third-order valence-electron chi connectivity index (χ3n) is 2.27. The van der Waals surface area contributed by atoms with E-state index in [-0.39, 0.29) is 5.56 Å². The minimum atomic E-state index is -0.408. The Hall–Kier alpha value is -1.68. The fourth-order valence-corrected chi connectivity index (χ4v) is 1.55. The van der Waals surface area contributed by atoms with E-state index in [9.17, 15) is 4.39 Å². The molecule has 0 aliphatic carbocycles. The third kappa shape index (κ3) is 1.84. The van der Waals surface area contributed by atoms with Crippen LogP contribution >= 0.6 is 11.6 Å². The predicted molar refractivity (Wildman–Crippen MR) is 61.6 cm³/mol. The lowest BCUT2D eigenvalue weighted by Gasteiger charge is -2.07. The molecule has 1 aromatic carbocycles. The summed E-state index contributed by atoms with van der Waals surface area (Å²) in [7, 11) is 0. The summed E-state index contributed by atoms with van der Waals surface area (Å²) >= 11 is 5.81. The highest BCUT2D eigenvalue weighted by molar-refractivity contribution is 6.30. The number of rotatable bonds is 1. The first-order valence-electron chi connectivity index (χ1n) is 4.62. The Kier molecular flexibility index (Phi) is 2.75. The minimum absolute atomic E-state index is 0.288. The zero-order valence-electron chi connectivity index (χ0n) is 8.54. The number of hydrogen-bond donors (Lipinski definition) is 1. The lowest BCUT2D eigenvalue weighted by molar-refractivity contribution is 0.630. The Labute approximate surface area is 97.1 Å². The van der Waals surface area contributed by atoms with Crippen molar-refractivity contribution >= 4 is 17.3 Å². The van der Waals surface area contributed by atoms with Gasteiger partial charge in [0.2, 0.25) is 0 Å². The van der Waals surface area contributed by atoms with Gasteiger partial charge in [-0.1, -0.05) is 11.6 Å². The SMILES string of the molecule is Cc1ncnc(-c2cc(Cl)ccc2F)c1N. The molecule has 0 saturated carbocycles. The maximum atomic E-state index is 13.6.